The van der Waals surface area contributed by atoms with Crippen LogP contribution in [0.2, 0.25) is 0 Å². The normalized spacial score (nSPS) is 17.8. The van der Waals surface area contributed by atoms with Crippen LogP contribution < -0.4 is 9.47 Å². The first-order chi connectivity index (χ1) is 16.4. The third-order valence-corrected chi connectivity index (χ3v) is 5.20. The van der Waals surface area contributed by atoms with Crippen molar-refractivity contribution in [2.75, 3.05) is 21.3 Å². The fourth-order valence-electron chi connectivity index (χ4n) is 3.43. The summed E-state index contributed by atoms with van der Waals surface area (Å²) < 4.78 is 47.1. The maximum atomic E-state index is 14.9. The molecule has 0 N–H and O–H groups in total. The molecule has 1 aliphatic heterocycles. The van der Waals surface area contributed by atoms with Gasteiger partial charge >= 0.3 is 12.1 Å². The number of carbonyl (C=O) groups is 2. The van der Waals surface area contributed by atoms with Crippen LogP contribution in [0, 0.1) is 5.82 Å². The molecule has 0 bridgehead atoms. The summed E-state index contributed by atoms with van der Waals surface area (Å²) in [4.78, 5) is 27.2. The van der Waals surface area contributed by atoms with Gasteiger partial charge in [0.15, 0.2) is 17.7 Å². The van der Waals surface area contributed by atoms with Gasteiger partial charge in [-0.1, -0.05) is 19.9 Å². The number of nitrogens with zero attached hydrogens (tertiary/aromatic N) is 1. The van der Waals surface area contributed by atoms with Gasteiger partial charge in [-0.3, -0.25) is 4.90 Å². The van der Waals surface area contributed by atoms with Crippen molar-refractivity contribution in [1.29, 1.82) is 0 Å². The summed E-state index contributed by atoms with van der Waals surface area (Å²) in [6, 6.07) is 1.28. The quantitative estimate of drug-likeness (QED) is 0.235. The second-order valence-corrected chi connectivity index (χ2v) is 9.08. The molecule has 1 fully saturated rings. The van der Waals surface area contributed by atoms with Gasteiger partial charge in [-0.05, 0) is 38.8 Å². The number of methoxy groups -OCH3 is 3. The Balaban J connectivity index is 2.41. The minimum atomic E-state index is -1.28. The molecule has 1 heterocycles. The third kappa shape index (κ3) is 7.83. The zero-order chi connectivity index (χ0) is 26.3. The Morgan fingerprint density at radius 3 is 2.34 bits per heavy atom. The van der Waals surface area contributed by atoms with Crippen LogP contribution >= 0.6 is 0 Å². The molecular formula is C25H36FNO8. The molecule has 9 nitrogen and oxygen atoms in total. The van der Waals surface area contributed by atoms with E-state index in [4.69, 9.17) is 28.4 Å². The Labute approximate surface area is 206 Å². The van der Waals surface area contributed by atoms with E-state index in [0.29, 0.717) is 6.42 Å². The predicted molar refractivity (Wildman–Crippen MR) is 125 cm³/mol. The highest BCUT2D eigenvalue weighted by atomic mass is 19.1. The van der Waals surface area contributed by atoms with E-state index in [1.807, 2.05) is 27.7 Å². The van der Waals surface area contributed by atoms with Crippen molar-refractivity contribution in [2.24, 2.45) is 0 Å². The van der Waals surface area contributed by atoms with Crippen LogP contribution in [0.25, 0.3) is 0 Å². The maximum absolute atomic E-state index is 14.9. The summed E-state index contributed by atoms with van der Waals surface area (Å²) in [5, 5.41) is 0. The average molecular weight is 498 g/mol. The number of amides is 1. The van der Waals surface area contributed by atoms with Crippen LogP contribution in [-0.4, -0.2) is 62.5 Å². The number of hydrogen-bond acceptors (Lipinski definition) is 8. The zero-order valence-corrected chi connectivity index (χ0v) is 21.5. The van der Waals surface area contributed by atoms with Crippen LogP contribution in [0.3, 0.4) is 0 Å². The van der Waals surface area contributed by atoms with Crippen LogP contribution in [0.1, 0.15) is 52.5 Å². The van der Waals surface area contributed by atoms with Gasteiger partial charge in [0, 0.05) is 18.9 Å². The monoisotopic (exact) mass is 497 g/mol. The minimum absolute atomic E-state index is 0.106. The van der Waals surface area contributed by atoms with Crippen molar-refractivity contribution in [3.05, 3.63) is 35.9 Å². The zero-order valence-electron chi connectivity index (χ0n) is 21.5. The summed E-state index contributed by atoms with van der Waals surface area (Å²) in [7, 11) is 3.98. The van der Waals surface area contributed by atoms with E-state index >= 15 is 0 Å². The van der Waals surface area contributed by atoms with E-state index in [2.05, 4.69) is 6.58 Å². The summed E-state index contributed by atoms with van der Waals surface area (Å²) >= 11 is 0. The molecule has 0 spiro atoms. The van der Waals surface area contributed by atoms with E-state index in [9.17, 15) is 14.0 Å². The molecule has 0 saturated carbocycles. The number of unbranched alkanes of at least 4 members (excludes halogenated alkanes) is 1. The van der Waals surface area contributed by atoms with Crippen LogP contribution in [-0.2, 0) is 30.2 Å². The maximum Gasteiger partial charge on any atom is 0.417 e. The number of rotatable bonds is 12. The Morgan fingerprint density at radius 1 is 1.17 bits per heavy atom. The molecular weight excluding hydrogens is 461 g/mol. The predicted octanol–water partition coefficient (Wildman–Crippen LogP) is 4.57. The standard InChI is InChI=1S/C25H36FNO8/c1-9-10-11-15(2)33-24(29)27(21-23(34-21)35-25(3,4)5)18(22(28)32-8)12-16-13-19(30-6)20(31-7)14-17(16)26/h13-14,18,21,23H,2,9-12H2,1,3-8H3. The van der Waals surface area contributed by atoms with E-state index in [0.717, 1.165) is 23.8 Å². The number of carbonyl (C=O) groups excluding carboxylic acids is 2. The van der Waals surface area contributed by atoms with Crippen molar-refractivity contribution < 1.29 is 42.4 Å². The number of halogens is 1. The van der Waals surface area contributed by atoms with Gasteiger partial charge in [0.05, 0.1) is 26.9 Å². The third-order valence-electron chi connectivity index (χ3n) is 5.20. The highest BCUT2D eigenvalue weighted by Gasteiger charge is 2.53. The summed E-state index contributed by atoms with van der Waals surface area (Å²) in [6.45, 7) is 11.3. The SMILES string of the molecule is C=C(CCCC)OC(=O)N(C(Cc1cc(OC)c(OC)cc1F)C(=O)OC)C1OC1OC(C)(C)C. The Morgan fingerprint density at radius 2 is 1.80 bits per heavy atom. The smallest absolute Gasteiger partial charge is 0.417 e. The molecule has 10 heteroatoms. The lowest BCUT2D eigenvalue weighted by atomic mass is 10.0. The molecule has 1 aromatic carbocycles. The highest BCUT2D eigenvalue weighted by Crippen LogP contribution is 2.36. The lowest BCUT2D eigenvalue weighted by Gasteiger charge is -2.29. The van der Waals surface area contributed by atoms with E-state index < -0.39 is 42.0 Å². The number of benzene rings is 1. The molecule has 2 rings (SSSR count). The number of epoxide rings is 1. The molecule has 1 aliphatic rings. The van der Waals surface area contributed by atoms with Gasteiger partial charge < -0.3 is 28.4 Å². The lowest BCUT2D eigenvalue weighted by Crippen LogP contribution is -2.50. The van der Waals surface area contributed by atoms with E-state index in [1.165, 1.54) is 27.4 Å². The van der Waals surface area contributed by atoms with E-state index in [-0.39, 0.29) is 29.2 Å². The molecule has 196 valence electrons. The summed E-state index contributed by atoms with van der Waals surface area (Å²) in [5.41, 5.74) is -0.467. The van der Waals surface area contributed by atoms with Gasteiger partial charge in [0.2, 0.25) is 6.29 Å². The Kier molecular flexibility index (Phi) is 9.91. The largest absolute Gasteiger partial charge is 0.493 e. The fraction of sp³-hybridized carbons (Fsp3) is 0.600. The molecule has 0 aromatic heterocycles. The molecule has 1 amide bonds. The van der Waals surface area contributed by atoms with Crippen molar-refractivity contribution in [1.82, 2.24) is 4.90 Å². The van der Waals surface area contributed by atoms with E-state index in [1.54, 1.807) is 0 Å². The molecule has 0 aliphatic carbocycles. The summed E-state index contributed by atoms with van der Waals surface area (Å²) in [5.74, 6) is -0.712. The van der Waals surface area contributed by atoms with Crippen molar-refractivity contribution in [3.8, 4) is 11.5 Å². The number of ether oxygens (including phenoxy) is 6. The highest BCUT2D eigenvalue weighted by molar-refractivity contribution is 5.82. The minimum Gasteiger partial charge on any atom is -0.493 e. The summed E-state index contributed by atoms with van der Waals surface area (Å²) in [6.07, 6.45) is -0.709. The second kappa shape index (κ2) is 12.2. The Hall–Kier alpha value is -2.85. The Bertz CT molecular complexity index is 913. The first-order valence-electron chi connectivity index (χ1n) is 11.4. The molecule has 1 aromatic rings. The fourth-order valence-corrected chi connectivity index (χ4v) is 3.43. The van der Waals surface area contributed by atoms with Crippen molar-refractivity contribution in [2.45, 2.75) is 77.5 Å². The topological polar surface area (TPSA) is 96.1 Å². The number of hydrogen-bond donors (Lipinski definition) is 0. The molecule has 3 atom stereocenters. The van der Waals surface area contributed by atoms with Crippen LogP contribution in [0.5, 0.6) is 11.5 Å². The molecule has 0 radical (unpaired) electrons. The van der Waals surface area contributed by atoms with Crippen LogP contribution in [0.4, 0.5) is 9.18 Å². The van der Waals surface area contributed by atoms with Gasteiger partial charge in [-0.15, -0.1) is 0 Å². The van der Waals surface area contributed by atoms with Crippen LogP contribution in [0.15, 0.2) is 24.5 Å². The first-order valence-corrected chi connectivity index (χ1v) is 11.4. The van der Waals surface area contributed by atoms with Gasteiger partial charge in [0.1, 0.15) is 17.6 Å². The second-order valence-electron chi connectivity index (χ2n) is 9.08. The molecule has 1 saturated heterocycles. The van der Waals surface area contributed by atoms with Gasteiger partial charge in [-0.2, -0.15) is 0 Å². The number of allylic oxidation sites excluding steroid dienone is 1. The van der Waals surface area contributed by atoms with Gasteiger partial charge in [0.25, 0.3) is 0 Å². The molecule has 35 heavy (non-hydrogen) atoms. The lowest BCUT2D eigenvalue weighted by molar-refractivity contribution is -0.147. The average Bonchev–Trinajstić information content (AvgIpc) is 3.53. The van der Waals surface area contributed by atoms with Gasteiger partial charge in [-0.25, -0.2) is 14.0 Å². The van der Waals surface area contributed by atoms with Crippen molar-refractivity contribution >= 4 is 12.1 Å². The number of esters is 1. The first kappa shape index (κ1) is 28.4. The molecule has 3 unspecified atom stereocenters. The van der Waals surface area contributed by atoms with Crippen molar-refractivity contribution in [3.63, 3.8) is 0 Å².